The number of amides is 1. The van der Waals surface area contributed by atoms with Crippen molar-refractivity contribution < 1.29 is 14.3 Å². The number of fused-ring (bicyclic) bond motifs is 2. The van der Waals surface area contributed by atoms with Gasteiger partial charge in [-0.3, -0.25) is 4.79 Å². The second kappa shape index (κ2) is 7.90. The normalized spacial score (nSPS) is 25.2. The van der Waals surface area contributed by atoms with Gasteiger partial charge in [0.2, 0.25) is 5.91 Å². The van der Waals surface area contributed by atoms with Gasteiger partial charge >= 0.3 is 5.97 Å². The molecule has 0 unspecified atom stereocenters. The molecule has 5 rings (SSSR count). The first-order valence-electron chi connectivity index (χ1n) is 9.71. The van der Waals surface area contributed by atoms with Crippen molar-refractivity contribution in [2.24, 2.45) is 0 Å². The Bertz CT molecular complexity index is 1070. The van der Waals surface area contributed by atoms with Gasteiger partial charge in [-0.05, 0) is 24.6 Å². The zero-order chi connectivity index (χ0) is 20.7. The molecular formula is C22H20N2O3S3. The van der Waals surface area contributed by atoms with Crippen LogP contribution in [0.2, 0.25) is 0 Å². The fraction of sp³-hybridized carbons (Fsp3) is 0.318. The second-order valence-electron chi connectivity index (χ2n) is 7.62. The highest BCUT2D eigenvalue weighted by molar-refractivity contribution is 8.05. The minimum absolute atomic E-state index is 0.0304. The SMILES string of the molecule is C[C@@]1(CSc2nc3ccccc3s2)S[C@@H]2CC(=O)N2[C@H]1C(=O)OCc1ccccc1. The van der Waals surface area contributed by atoms with Crippen molar-refractivity contribution >= 4 is 57.0 Å². The molecule has 3 aromatic rings. The summed E-state index contributed by atoms with van der Waals surface area (Å²) < 4.78 is 7.35. The third kappa shape index (κ3) is 3.61. The van der Waals surface area contributed by atoms with Gasteiger partial charge < -0.3 is 9.64 Å². The Balaban J connectivity index is 1.32. The Kier molecular flexibility index (Phi) is 5.24. The molecule has 2 aliphatic heterocycles. The van der Waals surface area contributed by atoms with Crippen LogP contribution in [0, 0.1) is 0 Å². The maximum atomic E-state index is 13.1. The van der Waals surface area contributed by atoms with Crippen LogP contribution in [0.1, 0.15) is 18.9 Å². The molecule has 0 N–H and O–H groups in total. The summed E-state index contributed by atoms with van der Waals surface area (Å²) in [6.07, 6.45) is 0.495. The first-order valence-corrected chi connectivity index (χ1v) is 12.4. The van der Waals surface area contributed by atoms with E-state index in [-0.39, 0.29) is 23.9 Å². The number of carbonyl (C=O) groups is 2. The number of nitrogens with zero attached hydrogens (tertiary/aromatic N) is 2. The molecule has 3 heterocycles. The van der Waals surface area contributed by atoms with Gasteiger partial charge in [0.15, 0.2) is 4.34 Å². The Morgan fingerprint density at radius 2 is 2.00 bits per heavy atom. The predicted octanol–water partition coefficient (Wildman–Crippen LogP) is 4.56. The average Bonchev–Trinajstić information content (AvgIpc) is 3.27. The number of aromatic nitrogens is 1. The van der Waals surface area contributed by atoms with E-state index in [9.17, 15) is 9.59 Å². The highest BCUT2D eigenvalue weighted by atomic mass is 32.2. The number of β-lactam (4-membered cyclic amide) rings is 1. The van der Waals surface area contributed by atoms with Crippen molar-refractivity contribution in [2.75, 3.05) is 5.75 Å². The lowest BCUT2D eigenvalue weighted by molar-refractivity contribution is -0.162. The number of carbonyl (C=O) groups excluding carboxylic acids is 2. The van der Waals surface area contributed by atoms with E-state index in [0.717, 1.165) is 20.1 Å². The van der Waals surface area contributed by atoms with Crippen LogP contribution < -0.4 is 0 Å². The molecule has 2 saturated heterocycles. The van der Waals surface area contributed by atoms with Gasteiger partial charge in [-0.1, -0.05) is 54.2 Å². The standard InChI is InChI=1S/C22H20N2O3S3/c1-22(13-28-21-23-15-9-5-6-10-16(15)29-21)19(24-17(25)11-18(24)30-22)20(26)27-12-14-7-3-2-4-8-14/h2-10,18-19H,11-13H2,1H3/t18-,19+,22+/m1/s1. The molecule has 30 heavy (non-hydrogen) atoms. The summed E-state index contributed by atoms with van der Waals surface area (Å²) in [5.41, 5.74) is 1.93. The van der Waals surface area contributed by atoms with Gasteiger partial charge in [0.05, 0.1) is 26.8 Å². The maximum Gasteiger partial charge on any atom is 0.330 e. The summed E-state index contributed by atoms with van der Waals surface area (Å²) >= 11 is 5.02. The number of para-hydroxylation sites is 1. The van der Waals surface area contributed by atoms with Gasteiger partial charge in [0, 0.05) is 5.75 Å². The average molecular weight is 457 g/mol. The summed E-state index contributed by atoms with van der Waals surface area (Å²) in [7, 11) is 0. The topological polar surface area (TPSA) is 59.5 Å². The smallest absolute Gasteiger partial charge is 0.330 e. The Hall–Kier alpha value is -2.03. The first kappa shape index (κ1) is 19.9. The molecule has 154 valence electrons. The van der Waals surface area contributed by atoms with E-state index in [0.29, 0.717) is 12.2 Å². The molecule has 0 bridgehead atoms. The lowest BCUT2D eigenvalue weighted by Gasteiger charge is -2.37. The number of benzene rings is 2. The number of hydrogen-bond donors (Lipinski definition) is 0. The molecule has 2 aliphatic rings. The number of esters is 1. The molecule has 1 amide bonds. The van der Waals surface area contributed by atoms with Crippen molar-refractivity contribution in [1.82, 2.24) is 9.88 Å². The minimum atomic E-state index is -0.570. The van der Waals surface area contributed by atoms with E-state index in [1.54, 1.807) is 39.8 Å². The lowest BCUT2D eigenvalue weighted by Crippen LogP contribution is -2.58. The van der Waals surface area contributed by atoms with Crippen molar-refractivity contribution in [3.05, 3.63) is 60.2 Å². The van der Waals surface area contributed by atoms with Crippen molar-refractivity contribution in [2.45, 2.75) is 40.5 Å². The van der Waals surface area contributed by atoms with Gasteiger partial charge in [-0.25, -0.2) is 9.78 Å². The van der Waals surface area contributed by atoms with Crippen LogP contribution in [0.4, 0.5) is 0 Å². The van der Waals surface area contributed by atoms with Crippen molar-refractivity contribution in [3.63, 3.8) is 0 Å². The first-order chi connectivity index (χ1) is 14.5. The number of thiazole rings is 1. The fourth-order valence-corrected chi connectivity index (χ4v) is 7.98. The van der Waals surface area contributed by atoms with E-state index >= 15 is 0 Å². The third-order valence-corrected chi connectivity index (χ3v) is 9.68. The highest BCUT2D eigenvalue weighted by Gasteiger charge is 2.61. The number of ether oxygens (including phenoxy) is 1. The fourth-order valence-electron chi connectivity index (χ4n) is 3.88. The summed E-state index contributed by atoms with van der Waals surface area (Å²) in [6.45, 7) is 2.28. The summed E-state index contributed by atoms with van der Waals surface area (Å²) in [6, 6.07) is 17.1. The van der Waals surface area contributed by atoms with Crippen LogP contribution in [0.25, 0.3) is 10.2 Å². The van der Waals surface area contributed by atoms with Crippen LogP contribution in [0.15, 0.2) is 58.9 Å². The Labute approximate surface area is 187 Å². The van der Waals surface area contributed by atoms with Crippen LogP contribution in [0.3, 0.4) is 0 Å². The van der Waals surface area contributed by atoms with E-state index in [1.165, 1.54) is 0 Å². The van der Waals surface area contributed by atoms with Crippen LogP contribution >= 0.6 is 34.9 Å². The summed E-state index contributed by atoms with van der Waals surface area (Å²) in [5, 5.41) is 0.0627. The molecule has 2 aromatic carbocycles. The zero-order valence-corrected chi connectivity index (χ0v) is 18.8. The largest absolute Gasteiger partial charge is 0.459 e. The molecule has 0 radical (unpaired) electrons. The van der Waals surface area contributed by atoms with Crippen LogP contribution in [-0.2, 0) is 20.9 Å². The lowest BCUT2D eigenvalue weighted by atomic mass is 9.98. The van der Waals surface area contributed by atoms with Crippen molar-refractivity contribution in [3.8, 4) is 0 Å². The molecule has 8 heteroatoms. The van der Waals surface area contributed by atoms with Gasteiger partial charge in [0.1, 0.15) is 12.6 Å². The number of rotatable bonds is 6. The molecule has 0 spiro atoms. The molecular weight excluding hydrogens is 436 g/mol. The molecule has 5 nitrogen and oxygen atoms in total. The Morgan fingerprint density at radius 3 is 2.77 bits per heavy atom. The molecule has 2 fully saturated rings. The summed E-state index contributed by atoms with van der Waals surface area (Å²) in [5.74, 6) is 0.389. The molecule has 1 aromatic heterocycles. The molecule has 0 saturated carbocycles. The zero-order valence-electron chi connectivity index (χ0n) is 16.3. The number of hydrogen-bond acceptors (Lipinski definition) is 7. The van der Waals surface area contributed by atoms with Gasteiger partial charge in [-0.15, -0.1) is 23.1 Å². The van der Waals surface area contributed by atoms with E-state index in [4.69, 9.17) is 9.72 Å². The second-order valence-corrected chi connectivity index (χ2v) is 11.6. The van der Waals surface area contributed by atoms with Crippen LogP contribution in [-0.4, -0.2) is 43.7 Å². The van der Waals surface area contributed by atoms with E-state index in [1.807, 2.05) is 48.5 Å². The summed E-state index contributed by atoms with van der Waals surface area (Å²) in [4.78, 5) is 31.8. The minimum Gasteiger partial charge on any atom is -0.459 e. The number of thioether (sulfide) groups is 2. The van der Waals surface area contributed by atoms with Crippen LogP contribution in [0.5, 0.6) is 0 Å². The van der Waals surface area contributed by atoms with Gasteiger partial charge in [0.25, 0.3) is 0 Å². The molecule has 3 atom stereocenters. The van der Waals surface area contributed by atoms with Crippen molar-refractivity contribution in [1.29, 1.82) is 0 Å². The predicted molar refractivity (Wildman–Crippen MR) is 122 cm³/mol. The Morgan fingerprint density at radius 1 is 1.23 bits per heavy atom. The third-order valence-electron chi connectivity index (χ3n) is 5.41. The van der Waals surface area contributed by atoms with E-state index < -0.39 is 10.8 Å². The van der Waals surface area contributed by atoms with E-state index in [2.05, 4.69) is 13.0 Å². The monoisotopic (exact) mass is 456 g/mol. The van der Waals surface area contributed by atoms with Gasteiger partial charge in [-0.2, -0.15) is 0 Å². The highest BCUT2D eigenvalue weighted by Crippen LogP contribution is 2.53. The quantitative estimate of drug-likeness (QED) is 0.308. The maximum absolute atomic E-state index is 13.1. The molecule has 0 aliphatic carbocycles.